The summed E-state index contributed by atoms with van der Waals surface area (Å²) in [7, 11) is 1.62. The van der Waals surface area contributed by atoms with Crippen LogP contribution in [0.3, 0.4) is 0 Å². The van der Waals surface area contributed by atoms with Crippen LogP contribution in [0.2, 0.25) is 13.1 Å². The van der Waals surface area contributed by atoms with E-state index in [0.29, 0.717) is 0 Å². The lowest BCUT2D eigenvalue weighted by molar-refractivity contribution is 0.547. The van der Waals surface area contributed by atoms with Gasteiger partial charge in [0.15, 0.2) is 0 Å². The van der Waals surface area contributed by atoms with Gasteiger partial charge in [0.05, 0.1) is 9.20 Å². The van der Waals surface area contributed by atoms with Crippen molar-refractivity contribution in [3.05, 3.63) is 0 Å². The highest BCUT2D eigenvalue weighted by Gasteiger charge is 2.10. The number of hydrogen-bond donors (Lipinski definition) is 0. The van der Waals surface area contributed by atoms with E-state index in [1.807, 2.05) is 0 Å². The Hall–Kier alpha value is 0.611. The third-order valence-electron chi connectivity index (χ3n) is 1.54. The molecule has 0 saturated heterocycles. The summed E-state index contributed by atoms with van der Waals surface area (Å²) < 4.78 is 2.76. The fraction of sp³-hybridized carbons (Fsp3) is 1.00. The van der Waals surface area contributed by atoms with Crippen molar-refractivity contribution < 1.29 is 0 Å². The van der Waals surface area contributed by atoms with Gasteiger partial charge in [0.1, 0.15) is 8.96 Å². The molecule has 0 aromatic heterocycles. The van der Waals surface area contributed by atoms with Gasteiger partial charge in [-0.2, -0.15) is 0 Å². The Balaban J connectivity index is 3.68. The smallest absolute Gasteiger partial charge is 0.122 e. The quantitative estimate of drug-likeness (QED) is 0.515. The van der Waals surface area contributed by atoms with Crippen LogP contribution >= 0.6 is 0 Å². The molecule has 1 nitrogen and oxygen atoms in total. The first-order chi connectivity index (χ1) is 4.09. The predicted molar refractivity (Wildman–Crippen MR) is 52.9 cm³/mol. The lowest BCUT2D eigenvalue weighted by Gasteiger charge is -2.27. The van der Waals surface area contributed by atoms with Crippen LogP contribution < -0.4 is 0 Å². The second-order valence-electron chi connectivity index (χ2n) is 2.83. The van der Waals surface area contributed by atoms with E-state index in [2.05, 4.69) is 31.2 Å². The van der Waals surface area contributed by atoms with Crippen molar-refractivity contribution in [2.75, 3.05) is 0 Å². The van der Waals surface area contributed by atoms with E-state index in [-0.39, 0.29) is 18.2 Å². The first-order valence-electron chi connectivity index (χ1n) is 3.66. The molecule has 4 heteroatoms. The topological polar surface area (TPSA) is 3.24 Å². The largest absolute Gasteiger partial charge is 0.352 e. The highest BCUT2D eigenvalue weighted by atomic mass is 29.1. The van der Waals surface area contributed by atoms with Gasteiger partial charge in [-0.3, -0.25) is 0 Å². The van der Waals surface area contributed by atoms with Crippen molar-refractivity contribution in [3.63, 3.8) is 0 Å². The molecule has 1 radical (unpaired) electrons. The molecule has 0 rings (SSSR count). The molecule has 9 heavy (non-hydrogen) atoms. The maximum Gasteiger partial charge on any atom is 0.122 e. The van der Waals surface area contributed by atoms with E-state index < -0.39 is 0 Å². The van der Waals surface area contributed by atoms with Crippen LogP contribution in [0, 0.1) is 0 Å². The van der Waals surface area contributed by atoms with Crippen LogP contribution in [-0.2, 0) is 0 Å². The molecule has 0 aliphatic rings. The highest BCUT2D eigenvalue weighted by Crippen LogP contribution is 1.97. The van der Waals surface area contributed by atoms with E-state index in [1.165, 1.54) is 9.76 Å². The zero-order chi connectivity index (χ0) is 7.44. The average molecular weight is 176 g/mol. The molecule has 0 unspecified atom stereocenters. The summed E-state index contributed by atoms with van der Waals surface area (Å²) in [4.78, 5) is 0. The molecule has 0 aromatic rings. The molecule has 0 spiro atoms. The molecule has 0 amide bonds. The molecule has 0 aliphatic heterocycles. The minimum Gasteiger partial charge on any atom is -0.352 e. The summed E-state index contributed by atoms with van der Waals surface area (Å²) in [5, 5.41) is 0. The Morgan fingerprint density at radius 1 is 1.44 bits per heavy atom. The zero-order valence-electron chi connectivity index (χ0n) is 7.23. The predicted octanol–water partition coefficient (Wildman–Crippen LogP) is -0.688. The molecule has 0 aliphatic carbocycles. The second kappa shape index (κ2) is 4.43. The Morgan fingerprint density at radius 2 is 1.89 bits per heavy atom. The Morgan fingerprint density at radius 3 is 1.89 bits per heavy atom. The summed E-state index contributed by atoms with van der Waals surface area (Å²) in [5.74, 6) is 0. The third kappa shape index (κ3) is 3.34. The van der Waals surface area contributed by atoms with Crippen LogP contribution in [0.1, 0.15) is 13.8 Å². The van der Waals surface area contributed by atoms with Crippen LogP contribution in [0.4, 0.5) is 0 Å². The molecule has 0 aromatic carbocycles. The molecule has 55 valence electrons. The van der Waals surface area contributed by atoms with Crippen molar-refractivity contribution in [1.82, 2.24) is 4.23 Å². The normalized spacial score (nSPS) is 13.7. The lowest BCUT2D eigenvalue weighted by atomic mass is 10.4. The molecular weight excluding hydrogens is 158 g/mol. The van der Waals surface area contributed by atoms with Gasteiger partial charge in [0.2, 0.25) is 0 Å². The molecule has 0 N–H and O–H groups in total. The van der Waals surface area contributed by atoms with Gasteiger partial charge in [-0.25, -0.2) is 0 Å². The van der Waals surface area contributed by atoms with E-state index >= 15 is 0 Å². The molecule has 0 fully saturated rings. The molecule has 0 heterocycles. The lowest BCUT2D eigenvalue weighted by Crippen LogP contribution is -2.43. The van der Waals surface area contributed by atoms with Gasteiger partial charge >= 0.3 is 0 Å². The summed E-state index contributed by atoms with van der Waals surface area (Å²) in [5.41, 5.74) is 0. The van der Waals surface area contributed by atoms with Crippen molar-refractivity contribution in [3.8, 4) is 0 Å². The maximum atomic E-state index is 2.76. The standard InChI is InChI=1S/C5H18NSi3/c1-5(2)6(8-7)9(3)4/h5H,8H2,1-4,7H3. The van der Waals surface area contributed by atoms with Crippen molar-refractivity contribution in [2.45, 2.75) is 33.0 Å². The minimum atomic E-state index is -0.0936. The maximum absolute atomic E-state index is 2.76. The molecule has 0 bridgehead atoms. The van der Waals surface area contributed by atoms with Crippen molar-refractivity contribution in [2.24, 2.45) is 0 Å². The zero-order valence-corrected chi connectivity index (χ0v) is 11.6. The van der Waals surface area contributed by atoms with Crippen LogP contribution in [-0.4, -0.2) is 38.2 Å². The second-order valence-corrected chi connectivity index (χ2v) is 9.14. The third-order valence-corrected chi connectivity index (χ3v) is 11.4. The van der Waals surface area contributed by atoms with Gasteiger partial charge in [0.25, 0.3) is 0 Å². The van der Waals surface area contributed by atoms with Crippen molar-refractivity contribution >= 4 is 27.9 Å². The molecule has 0 atom stereocenters. The van der Waals surface area contributed by atoms with E-state index in [4.69, 9.17) is 0 Å². The number of rotatable bonds is 3. The van der Waals surface area contributed by atoms with Crippen LogP contribution in [0.15, 0.2) is 0 Å². The summed E-state index contributed by atoms with van der Waals surface area (Å²) in [6.45, 7) is 9.44. The number of nitrogens with zero attached hydrogens (tertiary/aromatic N) is 1. The average Bonchev–Trinajstić information content (AvgIpc) is 1.64. The van der Waals surface area contributed by atoms with Gasteiger partial charge in [-0.15, -0.1) is 0 Å². The molecular formula is C5H18NSi3. The van der Waals surface area contributed by atoms with Gasteiger partial charge in [0, 0.05) is 9.76 Å². The Bertz CT molecular complexity index is 66.6. The van der Waals surface area contributed by atoms with E-state index in [1.54, 1.807) is 0 Å². The Kier molecular flexibility index (Phi) is 4.73. The summed E-state index contributed by atoms with van der Waals surface area (Å²) in [6, 6.07) is 0.832. The fourth-order valence-electron chi connectivity index (χ4n) is 1.20. The molecule has 0 saturated carbocycles. The van der Waals surface area contributed by atoms with Gasteiger partial charge in [-0.1, -0.05) is 26.9 Å². The summed E-state index contributed by atoms with van der Waals surface area (Å²) >= 11 is 0. The minimum absolute atomic E-state index is 0.0936. The number of hydrogen-bond acceptors (Lipinski definition) is 1. The van der Waals surface area contributed by atoms with Crippen molar-refractivity contribution in [1.29, 1.82) is 0 Å². The van der Waals surface area contributed by atoms with E-state index in [0.717, 1.165) is 6.04 Å². The first kappa shape index (κ1) is 9.61. The monoisotopic (exact) mass is 176 g/mol. The van der Waals surface area contributed by atoms with Gasteiger partial charge < -0.3 is 4.23 Å². The van der Waals surface area contributed by atoms with Crippen LogP contribution in [0.5, 0.6) is 0 Å². The Labute approximate surface area is 65.6 Å². The highest BCUT2D eigenvalue weighted by molar-refractivity contribution is 6.92. The summed E-state index contributed by atoms with van der Waals surface area (Å²) in [6.07, 6.45) is 0. The fourth-order valence-corrected chi connectivity index (χ4v) is 13.4. The van der Waals surface area contributed by atoms with Gasteiger partial charge in [-0.05, 0) is 6.04 Å². The van der Waals surface area contributed by atoms with Crippen LogP contribution in [0.25, 0.3) is 0 Å². The van der Waals surface area contributed by atoms with E-state index in [9.17, 15) is 0 Å². The SMILES string of the molecule is CC(C)N([SiH2][SiH3])[Si](C)C. The first-order valence-corrected chi connectivity index (χ1v) is 12.4.